The molecule has 1 N–H and O–H groups in total. The fourth-order valence-electron chi connectivity index (χ4n) is 4.57. The first kappa shape index (κ1) is 22.0. The summed E-state index contributed by atoms with van der Waals surface area (Å²) in [6, 6.07) is 7.09. The number of nitrogens with one attached hydrogen (secondary N) is 1. The highest BCUT2D eigenvalue weighted by Gasteiger charge is 2.47. The SMILES string of the molecule is Cc1c(Cl)cncc1C(=O)N1CC2(CCC(NC(=O)c3cccc(S(C)=O)c3)CC2)C1. The van der Waals surface area contributed by atoms with E-state index in [0.29, 0.717) is 21.0 Å². The summed E-state index contributed by atoms with van der Waals surface area (Å²) in [6.45, 7) is 3.32. The van der Waals surface area contributed by atoms with E-state index in [0.717, 1.165) is 44.3 Å². The van der Waals surface area contributed by atoms with Crippen molar-refractivity contribution in [3.63, 3.8) is 0 Å². The van der Waals surface area contributed by atoms with E-state index in [9.17, 15) is 13.8 Å². The summed E-state index contributed by atoms with van der Waals surface area (Å²) in [5.74, 6) is -0.135. The number of halogens is 1. The van der Waals surface area contributed by atoms with Crippen LogP contribution in [0, 0.1) is 12.3 Å². The number of rotatable bonds is 4. The van der Waals surface area contributed by atoms with Crippen LogP contribution in [0.25, 0.3) is 0 Å². The average molecular weight is 460 g/mol. The molecule has 8 heteroatoms. The van der Waals surface area contributed by atoms with Crippen molar-refractivity contribution in [2.24, 2.45) is 5.41 Å². The van der Waals surface area contributed by atoms with Crippen LogP contribution in [0.2, 0.25) is 5.02 Å². The van der Waals surface area contributed by atoms with Gasteiger partial charge in [-0.2, -0.15) is 0 Å². The van der Waals surface area contributed by atoms with Crippen LogP contribution in [0.1, 0.15) is 52.0 Å². The van der Waals surface area contributed by atoms with Crippen molar-refractivity contribution in [3.8, 4) is 0 Å². The van der Waals surface area contributed by atoms with Gasteiger partial charge in [-0.05, 0) is 56.4 Å². The highest BCUT2D eigenvalue weighted by atomic mass is 35.5. The van der Waals surface area contributed by atoms with Crippen LogP contribution < -0.4 is 5.32 Å². The molecule has 1 saturated heterocycles. The Kier molecular flexibility index (Phi) is 6.17. The maximum atomic E-state index is 12.8. The summed E-state index contributed by atoms with van der Waals surface area (Å²) in [4.78, 5) is 32.0. The first-order valence-corrected chi connectivity index (χ1v) is 12.4. The summed E-state index contributed by atoms with van der Waals surface area (Å²) in [7, 11) is -1.11. The molecule has 2 aliphatic rings. The largest absolute Gasteiger partial charge is 0.349 e. The van der Waals surface area contributed by atoms with Crippen LogP contribution in [0.3, 0.4) is 0 Å². The number of carbonyl (C=O) groups excluding carboxylic acids is 2. The number of amides is 2. The summed E-state index contributed by atoms with van der Waals surface area (Å²) in [5, 5.41) is 3.63. The molecule has 6 nitrogen and oxygen atoms in total. The number of carbonyl (C=O) groups is 2. The molecule has 2 aromatic rings. The van der Waals surface area contributed by atoms with Crippen molar-refractivity contribution in [2.75, 3.05) is 19.3 Å². The molecule has 1 saturated carbocycles. The number of benzene rings is 1. The van der Waals surface area contributed by atoms with Gasteiger partial charge in [-0.3, -0.25) is 18.8 Å². The number of nitrogens with zero attached hydrogens (tertiary/aromatic N) is 2. The number of likely N-dealkylation sites (tertiary alicyclic amines) is 1. The molecule has 2 heterocycles. The van der Waals surface area contributed by atoms with Gasteiger partial charge in [0.25, 0.3) is 11.8 Å². The molecular formula is C23H26ClN3O3S. The Morgan fingerprint density at radius 1 is 1.23 bits per heavy atom. The lowest BCUT2D eigenvalue weighted by Crippen LogP contribution is -2.60. The van der Waals surface area contributed by atoms with Crippen LogP contribution in [0.5, 0.6) is 0 Å². The molecule has 31 heavy (non-hydrogen) atoms. The Balaban J connectivity index is 1.30. The van der Waals surface area contributed by atoms with Crippen LogP contribution in [-0.2, 0) is 10.8 Å². The van der Waals surface area contributed by atoms with Gasteiger partial charge in [0.1, 0.15) is 0 Å². The maximum Gasteiger partial charge on any atom is 0.255 e. The fourth-order valence-corrected chi connectivity index (χ4v) is 5.29. The van der Waals surface area contributed by atoms with E-state index in [4.69, 9.17) is 11.6 Å². The standard InChI is InChI=1S/C23H26ClN3O3S/c1-15-19(11-25-12-20(15)24)22(29)27-13-23(14-27)8-6-17(7-9-23)26-21(28)16-4-3-5-18(10-16)31(2)30/h3-5,10-12,17H,6-9,13-14H2,1-2H3,(H,26,28). The predicted octanol–water partition coefficient (Wildman–Crippen LogP) is 3.60. The minimum atomic E-state index is -1.11. The van der Waals surface area contributed by atoms with E-state index in [1.807, 2.05) is 11.8 Å². The van der Waals surface area contributed by atoms with Gasteiger partial charge in [0.2, 0.25) is 0 Å². The zero-order valence-electron chi connectivity index (χ0n) is 17.7. The Morgan fingerprint density at radius 2 is 1.94 bits per heavy atom. The van der Waals surface area contributed by atoms with Crippen LogP contribution in [0.15, 0.2) is 41.6 Å². The molecule has 4 rings (SSSR count). The minimum absolute atomic E-state index is 0.0123. The second-order valence-electron chi connectivity index (χ2n) is 8.68. The first-order valence-electron chi connectivity index (χ1n) is 10.4. The summed E-state index contributed by atoms with van der Waals surface area (Å²) in [6.07, 6.45) is 8.49. The fraction of sp³-hybridized carbons (Fsp3) is 0.435. The molecule has 0 bridgehead atoms. The smallest absolute Gasteiger partial charge is 0.255 e. The van der Waals surface area contributed by atoms with Gasteiger partial charge in [-0.1, -0.05) is 17.7 Å². The quantitative estimate of drug-likeness (QED) is 0.757. The predicted molar refractivity (Wildman–Crippen MR) is 121 cm³/mol. The van der Waals surface area contributed by atoms with Crippen molar-refractivity contribution < 1.29 is 13.8 Å². The lowest BCUT2D eigenvalue weighted by molar-refractivity contribution is -0.0199. The van der Waals surface area contributed by atoms with Gasteiger partial charge >= 0.3 is 0 Å². The van der Waals surface area contributed by atoms with Crippen LogP contribution in [0.4, 0.5) is 0 Å². The van der Waals surface area contributed by atoms with E-state index in [2.05, 4.69) is 10.3 Å². The number of pyridine rings is 1. The minimum Gasteiger partial charge on any atom is -0.349 e. The number of aromatic nitrogens is 1. The number of hydrogen-bond acceptors (Lipinski definition) is 4. The zero-order chi connectivity index (χ0) is 22.2. The highest BCUT2D eigenvalue weighted by molar-refractivity contribution is 7.84. The Hall–Kier alpha value is -2.25. The Bertz CT molecular complexity index is 1040. The molecule has 0 radical (unpaired) electrons. The molecule has 1 spiro atoms. The van der Waals surface area contributed by atoms with E-state index in [-0.39, 0.29) is 23.3 Å². The molecule has 1 unspecified atom stereocenters. The van der Waals surface area contributed by atoms with Gasteiger partial charge in [0, 0.05) is 64.5 Å². The first-order chi connectivity index (χ1) is 14.8. The second kappa shape index (κ2) is 8.71. The van der Waals surface area contributed by atoms with Crippen molar-refractivity contribution in [3.05, 3.63) is 58.4 Å². The Morgan fingerprint density at radius 3 is 2.61 bits per heavy atom. The van der Waals surface area contributed by atoms with E-state index in [1.165, 1.54) is 0 Å². The Labute approximate surface area is 189 Å². The molecule has 1 aromatic carbocycles. The third-order valence-electron chi connectivity index (χ3n) is 6.53. The van der Waals surface area contributed by atoms with Crippen molar-refractivity contribution >= 4 is 34.2 Å². The van der Waals surface area contributed by atoms with Crippen LogP contribution in [-0.4, -0.2) is 51.3 Å². The molecule has 164 valence electrons. The second-order valence-corrected chi connectivity index (χ2v) is 10.5. The van der Waals surface area contributed by atoms with Gasteiger partial charge < -0.3 is 10.2 Å². The van der Waals surface area contributed by atoms with E-state index < -0.39 is 10.8 Å². The third kappa shape index (κ3) is 4.53. The molecule has 1 atom stereocenters. The van der Waals surface area contributed by atoms with Crippen molar-refractivity contribution in [2.45, 2.75) is 43.5 Å². The summed E-state index contributed by atoms with van der Waals surface area (Å²) < 4.78 is 11.7. The van der Waals surface area contributed by atoms with Gasteiger partial charge in [-0.15, -0.1) is 0 Å². The van der Waals surface area contributed by atoms with Crippen LogP contribution >= 0.6 is 11.6 Å². The molecule has 1 aliphatic heterocycles. The molecule has 1 aromatic heterocycles. The monoisotopic (exact) mass is 459 g/mol. The molecule has 2 amide bonds. The molecule has 2 fully saturated rings. The lowest BCUT2D eigenvalue weighted by Gasteiger charge is -2.53. The summed E-state index contributed by atoms with van der Waals surface area (Å²) in [5.41, 5.74) is 2.03. The lowest BCUT2D eigenvalue weighted by atomic mass is 9.67. The van der Waals surface area contributed by atoms with Gasteiger partial charge in [0.15, 0.2) is 0 Å². The maximum absolute atomic E-state index is 12.8. The molecular weight excluding hydrogens is 434 g/mol. The number of hydrogen-bond donors (Lipinski definition) is 1. The van der Waals surface area contributed by atoms with Crippen molar-refractivity contribution in [1.29, 1.82) is 0 Å². The van der Waals surface area contributed by atoms with Gasteiger partial charge in [-0.25, -0.2) is 0 Å². The topological polar surface area (TPSA) is 79.4 Å². The average Bonchev–Trinajstić information content (AvgIpc) is 2.74. The highest BCUT2D eigenvalue weighted by Crippen LogP contribution is 2.44. The summed E-state index contributed by atoms with van der Waals surface area (Å²) >= 11 is 6.11. The van der Waals surface area contributed by atoms with Crippen molar-refractivity contribution in [1.82, 2.24) is 15.2 Å². The molecule has 1 aliphatic carbocycles. The van der Waals surface area contributed by atoms with Gasteiger partial charge in [0.05, 0.1) is 10.6 Å². The zero-order valence-corrected chi connectivity index (χ0v) is 19.3. The third-order valence-corrected chi connectivity index (χ3v) is 7.83. The normalized spacial score (nSPS) is 19.0. The van der Waals surface area contributed by atoms with E-state index >= 15 is 0 Å². The van der Waals surface area contributed by atoms with E-state index in [1.54, 1.807) is 42.9 Å².